The highest BCUT2D eigenvalue weighted by molar-refractivity contribution is 7.15. The molecule has 1 N–H and O–H groups in total. The highest BCUT2D eigenvalue weighted by Crippen LogP contribution is 2.38. The summed E-state index contributed by atoms with van der Waals surface area (Å²) in [5.74, 6) is 0.349. The van der Waals surface area contributed by atoms with Crippen LogP contribution in [-0.4, -0.2) is 16.6 Å². The van der Waals surface area contributed by atoms with E-state index in [1.807, 2.05) is 0 Å². The molecule has 1 aromatic heterocycles. The molecule has 3 rings (SSSR count). The van der Waals surface area contributed by atoms with Gasteiger partial charge in [0.25, 0.3) is 0 Å². The van der Waals surface area contributed by atoms with Crippen LogP contribution in [0.2, 0.25) is 0 Å². The summed E-state index contributed by atoms with van der Waals surface area (Å²) in [5.41, 5.74) is 3.70. The molecule has 20 heavy (non-hydrogen) atoms. The maximum absolute atomic E-state index is 9.53. The second-order valence-electron chi connectivity index (χ2n) is 5.50. The molecule has 3 nitrogen and oxygen atoms in total. The zero-order chi connectivity index (χ0) is 14.1. The standard InChI is InChI=1S/C16H20N2OS/c1-11(2)15-14(10-19)20-16(17-15)18-9-5-7-12-6-3-4-8-13(12)18/h3-4,6,8,11,19H,5,7,9-10H2,1-2H3. The molecule has 1 aliphatic rings. The van der Waals surface area contributed by atoms with E-state index in [4.69, 9.17) is 4.98 Å². The molecule has 0 spiro atoms. The lowest BCUT2D eigenvalue weighted by Crippen LogP contribution is -2.24. The molecular weight excluding hydrogens is 268 g/mol. The van der Waals surface area contributed by atoms with Crippen LogP contribution in [-0.2, 0) is 13.0 Å². The first-order valence-corrected chi connectivity index (χ1v) is 7.98. The lowest BCUT2D eigenvalue weighted by atomic mass is 10.0. The first-order valence-electron chi connectivity index (χ1n) is 7.16. The average molecular weight is 288 g/mol. The third-order valence-corrected chi connectivity index (χ3v) is 4.83. The van der Waals surface area contributed by atoms with E-state index in [0.717, 1.165) is 35.1 Å². The van der Waals surface area contributed by atoms with Crippen LogP contribution in [0.5, 0.6) is 0 Å². The molecule has 4 heteroatoms. The normalized spacial score (nSPS) is 14.7. The smallest absolute Gasteiger partial charge is 0.190 e. The molecule has 0 fully saturated rings. The molecule has 2 aromatic rings. The van der Waals surface area contributed by atoms with Gasteiger partial charge in [-0.2, -0.15) is 0 Å². The molecular formula is C16H20N2OS. The molecule has 2 heterocycles. The van der Waals surface area contributed by atoms with Gasteiger partial charge in [-0.3, -0.25) is 0 Å². The van der Waals surface area contributed by atoms with E-state index in [9.17, 15) is 5.11 Å². The Morgan fingerprint density at radius 3 is 2.85 bits per heavy atom. The summed E-state index contributed by atoms with van der Waals surface area (Å²) in [5, 5.41) is 10.5. The van der Waals surface area contributed by atoms with Gasteiger partial charge in [-0.1, -0.05) is 43.4 Å². The van der Waals surface area contributed by atoms with E-state index in [0.29, 0.717) is 5.92 Å². The number of fused-ring (bicyclic) bond motifs is 1. The van der Waals surface area contributed by atoms with Crippen LogP contribution in [0.25, 0.3) is 0 Å². The summed E-state index contributed by atoms with van der Waals surface area (Å²) in [4.78, 5) is 8.09. The van der Waals surface area contributed by atoms with Crippen LogP contribution in [0.15, 0.2) is 24.3 Å². The van der Waals surface area contributed by atoms with Crippen LogP contribution >= 0.6 is 11.3 Å². The van der Waals surface area contributed by atoms with Crippen molar-refractivity contribution in [3.8, 4) is 0 Å². The Morgan fingerprint density at radius 2 is 2.15 bits per heavy atom. The van der Waals surface area contributed by atoms with E-state index in [1.165, 1.54) is 11.3 Å². The lowest BCUT2D eigenvalue weighted by molar-refractivity contribution is 0.283. The van der Waals surface area contributed by atoms with Gasteiger partial charge in [-0.15, -0.1) is 0 Å². The van der Waals surface area contributed by atoms with E-state index in [1.54, 1.807) is 11.3 Å². The number of para-hydroxylation sites is 1. The molecule has 0 amide bonds. The van der Waals surface area contributed by atoms with Gasteiger partial charge in [0.1, 0.15) is 0 Å². The van der Waals surface area contributed by atoms with Crippen LogP contribution in [0, 0.1) is 0 Å². The number of benzene rings is 1. The molecule has 0 unspecified atom stereocenters. The number of aryl methyl sites for hydroxylation is 1. The van der Waals surface area contributed by atoms with E-state index in [-0.39, 0.29) is 6.61 Å². The van der Waals surface area contributed by atoms with Gasteiger partial charge in [0.05, 0.1) is 17.2 Å². The number of thiazole rings is 1. The topological polar surface area (TPSA) is 36.4 Å². The number of anilines is 2. The van der Waals surface area contributed by atoms with Crippen LogP contribution in [0.1, 0.15) is 42.3 Å². The predicted molar refractivity (Wildman–Crippen MR) is 83.9 cm³/mol. The van der Waals surface area contributed by atoms with Crippen molar-refractivity contribution in [3.63, 3.8) is 0 Å². The van der Waals surface area contributed by atoms with Crippen LogP contribution in [0.4, 0.5) is 10.8 Å². The fraction of sp³-hybridized carbons (Fsp3) is 0.438. The molecule has 106 valence electrons. The summed E-state index contributed by atoms with van der Waals surface area (Å²) in [7, 11) is 0. The molecule has 1 aliphatic heterocycles. The van der Waals surface area contributed by atoms with Crippen molar-refractivity contribution in [2.24, 2.45) is 0 Å². The quantitative estimate of drug-likeness (QED) is 0.932. The van der Waals surface area contributed by atoms with E-state index in [2.05, 4.69) is 43.0 Å². The third-order valence-electron chi connectivity index (χ3n) is 3.75. The van der Waals surface area contributed by atoms with Crippen molar-refractivity contribution in [2.45, 2.75) is 39.2 Å². The highest BCUT2D eigenvalue weighted by atomic mass is 32.1. The first-order chi connectivity index (χ1) is 9.70. The van der Waals surface area contributed by atoms with Gasteiger partial charge in [0, 0.05) is 12.2 Å². The summed E-state index contributed by atoms with van der Waals surface area (Å²) < 4.78 is 0. The molecule has 0 atom stereocenters. The van der Waals surface area contributed by atoms with Crippen molar-refractivity contribution < 1.29 is 5.11 Å². The Kier molecular flexibility index (Phi) is 3.76. The van der Waals surface area contributed by atoms with E-state index >= 15 is 0 Å². The van der Waals surface area contributed by atoms with Crippen LogP contribution < -0.4 is 4.90 Å². The number of aliphatic hydroxyl groups excluding tert-OH is 1. The van der Waals surface area contributed by atoms with Gasteiger partial charge in [0.2, 0.25) is 0 Å². The molecule has 0 saturated carbocycles. The van der Waals surface area contributed by atoms with Crippen molar-refractivity contribution >= 4 is 22.2 Å². The summed E-state index contributed by atoms with van der Waals surface area (Å²) in [6.07, 6.45) is 2.30. The second-order valence-corrected chi connectivity index (χ2v) is 6.56. The number of rotatable bonds is 3. The molecule has 0 aliphatic carbocycles. The minimum Gasteiger partial charge on any atom is -0.391 e. The second kappa shape index (κ2) is 5.54. The highest BCUT2D eigenvalue weighted by Gasteiger charge is 2.22. The van der Waals surface area contributed by atoms with Gasteiger partial charge in [-0.05, 0) is 30.4 Å². The molecule has 0 radical (unpaired) electrons. The monoisotopic (exact) mass is 288 g/mol. The molecule has 1 aromatic carbocycles. The van der Waals surface area contributed by atoms with Gasteiger partial charge in [-0.25, -0.2) is 4.98 Å². The molecule has 0 bridgehead atoms. The van der Waals surface area contributed by atoms with Gasteiger partial charge in [0.15, 0.2) is 5.13 Å². The van der Waals surface area contributed by atoms with Crippen molar-refractivity contribution in [3.05, 3.63) is 40.4 Å². The van der Waals surface area contributed by atoms with Crippen molar-refractivity contribution in [1.29, 1.82) is 0 Å². The minimum absolute atomic E-state index is 0.0840. The van der Waals surface area contributed by atoms with E-state index < -0.39 is 0 Å². The molecule has 0 saturated heterocycles. The third kappa shape index (κ3) is 2.34. The predicted octanol–water partition coefficient (Wildman–Crippen LogP) is 3.84. The maximum Gasteiger partial charge on any atom is 0.190 e. The van der Waals surface area contributed by atoms with Gasteiger partial charge < -0.3 is 10.0 Å². The number of aliphatic hydroxyl groups is 1. The number of hydrogen-bond donors (Lipinski definition) is 1. The van der Waals surface area contributed by atoms with Crippen molar-refractivity contribution in [1.82, 2.24) is 4.98 Å². The zero-order valence-corrected chi connectivity index (χ0v) is 12.8. The fourth-order valence-electron chi connectivity index (χ4n) is 2.76. The summed E-state index contributed by atoms with van der Waals surface area (Å²) >= 11 is 1.62. The van der Waals surface area contributed by atoms with Crippen LogP contribution in [0.3, 0.4) is 0 Å². The average Bonchev–Trinajstić information content (AvgIpc) is 2.91. The largest absolute Gasteiger partial charge is 0.391 e. The fourth-order valence-corrected chi connectivity index (χ4v) is 3.88. The Balaban J connectivity index is 2.02. The SMILES string of the molecule is CC(C)c1nc(N2CCCc3ccccc32)sc1CO. The number of aromatic nitrogens is 1. The Bertz CT molecular complexity index is 606. The van der Waals surface area contributed by atoms with Gasteiger partial charge >= 0.3 is 0 Å². The lowest BCUT2D eigenvalue weighted by Gasteiger charge is -2.29. The van der Waals surface area contributed by atoms with Crippen molar-refractivity contribution in [2.75, 3.05) is 11.4 Å². The summed E-state index contributed by atoms with van der Waals surface area (Å²) in [6, 6.07) is 8.55. The minimum atomic E-state index is 0.0840. The maximum atomic E-state index is 9.53. The number of nitrogens with zero attached hydrogens (tertiary/aromatic N) is 2. The Morgan fingerprint density at radius 1 is 1.35 bits per heavy atom. The summed E-state index contributed by atoms with van der Waals surface area (Å²) in [6.45, 7) is 5.35. The Labute approximate surface area is 123 Å². The number of hydrogen-bond acceptors (Lipinski definition) is 4. The Hall–Kier alpha value is -1.39. The zero-order valence-electron chi connectivity index (χ0n) is 12.0. The first kappa shape index (κ1) is 13.6.